The standard InChI is InChI=1S/C21H11ClF2N4/c22-15-11-14(9-10-16(15)24)28-20(12-5-7-13(23)8-6-12)27-19-21(28)26-18-4-2-1-3-17(18)25-19/h1-11H. The molecule has 0 unspecified atom stereocenters. The van der Waals surface area contributed by atoms with E-state index in [4.69, 9.17) is 16.6 Å². The van der Waals surface area contributed by atoms with Gasteiger partial charge in [-0.3, -0.25) is 4.57 Å². The molecule has 28 heavy (non-hydrogen) atoms. The quantitative estimate of drug-likeness (QED) is 0.394. The van der Waals surface area contributed by atoms with E-state index in [0.29, 0.717) is 39.4 Å². The number of imidazole rings is 1. The lowest BCUT2D eigenvalue weighted by Crippen LogP contribution is -2.00. The maximum absolute atomic E-state index is 13.7. The van der Waals surface area contributed by atoms with Gasteiger partial charge in [0, 0.05) is 5.56 Å². The fourth-order valence-corrected chi connectivity index (χ4v) is 3.29. The molecule has 136 valence electrons. The predicted molar refractivity (Wildman–Crippen MR) is 105 cm³/mol. The van der Waals surface area contributed by atoms with Gasteiger partial charge >= 0.3 is 0 Å². The molecule has 0 bridgehead atoms. The Balaban J connectivity index is 1.87. The molecule has 0 aliphatic rings. The van der Waals surface area contributed by atoms with Gasteiger partial charge in [-0.2, -0.15) is 0 Å². The molecule has 3 aromatic carbocycles. The SMILES string of the molecule is Fc1ccc(-c2nc3nc4ccccc4nc3n2-c2ccc(F)c(Cl)c2)cc1. The van der Waals surface area contributed by atoms with Crippen molar-refractivity contribution in [1.82, 2.24) is 19.5 Å². The number of hydrogen-bond acceptors (Lipinski definition) is 3. The molecular weight excluding hydrogens is 382 g/mol. The first-order valence-electron chi connectivity index (χ1n) is 8.47. The Labute approximate surface area is 163 Å². The topological polar surface area (TPSA) is 43.6 Å². The van der Waals surface area contributed by atoms with Crippen LogP contribution < -0.4 is 0 Å². The molecule has 0 aliphatic heterocycles. The van der Waals surface area contributed by atoms with Gasteiger partial charge in [0.2, 0.25) is 0 Å². The van der Waals surface area contributed by atoms with Gasteiger partial charge in [0.25, 0.3) is 0 Å². The third kappa shape index (κ3) is 2.70. The second kappa shape index (κ2) is 6.35. The van der Waals surface area contributed by atoms with Gasteiger partial charge in [0.15, 0.2) is 11.3 Å². The number of para-hydroxylation sites is 2. The number of hydrogen-bond donors (Lipinski definition) is 0. The van der Waals surface area contributed by atoms with Crippen LogP contribution in [0.4, 0.5) is 8.78 Å². The molecule has 0 saturated carbocycles. The zero-order valence-electron chi connectivity index (χ0n) is 14.3. The third-order valence-electron chi connectivity index (χ3n) is 4.43. The van der Waals surface area contributed by atoms with Gasteiger partial charge in [0.05, 0.1) is 21.7 Å². The summed E-state index contributed by atoms with van der Waals surface area (Å²) in [6, 6.07) is 17.8. The van der Waals surface area contributed by atoms with Crippen LogP contribution in [0.15, 0.2) is 66.7 Å². The van der Waals surface area contributed by atoms with Gasteiger partial charge in [0.1, 0.15) is 17.5 Å². The highest BCUT2D eigenvalue weighted by atomic mass is 35.5. The summed E-state index contributed by atoms with van der Waals surface area (Å²) in [6.45, 7) is 0. The zero-order chi connectivity index (χ0) is 19.3. The molecule has 0 fully saturated rings. The zero-order valence-corrected chi connectivity index (χ0v) is 15.0. The highest BCUT2D eigenvalue weighted by molar-refractivity contribution is 6.30. The smallest absolute Gasteiger partial charge is 0.199 e. The average Bonchev–Trinajstić information content (AvgIpc) is 3.07. The summed E-state index contributed by atoms with van der Waals surface area (Å²) < 4.78 is 28.9. The van der Waals surface area contributed by atoms with Crippen molar-refractivity contribution < 1.29 is 8.78 Å². The van der Waals surface area contributed by atoms with Crippen LogP contribution in [0.25, 0.3) is 39.4 Å². The van der Waals surface area contributed by atoms with E-state index in [1.807, 2.05) is 24.3 Å². The van der Waals surface area contributed by atoms with Crippen molar-refractivity contribution in [3.8, 4) is 17.1 Å². The summed E-state index contributed by atoms with van der Waals surface area (Å²) in [5.74, 6) is -0.360. The Kier molecular flexibility index (Phi) is 3.80. The van der Waals surface area contributed by atoms with E-state index in [0.717, 1.165) is 0 Å². The number of benzene rings is 3. The van der Waals surface area contributed by atoms with Gasteiger partial charge < -0.3 is 0 Å². The van der Waals surface area contributed by atoms with E-state index in [1.165, 1.54) is 24.3 Å². The first kappa shape index (κ1) is 16.8. The van der Waals surface area contributed by atoms with Crippen LogP contribution in [-0.4, -0.2) is 19.5 Å². The second-order valence-electron chi connectivity index (χ2n) is 6.24. The average molecular weight is 393 g/mol. The van der Waals surface area contributed by atoms with Crippen molar-refractivity contribution in [3.63, 3.8) is 0 Å². The predicted octanol–water partition coefficient (Wildman–Crippen LogP) is 5.57. The molecule has 0 amide bonds. The van der Waals surface area contributed by atoms with Crippen molar-refractivity contribution >= 4 is 33.9 Å². The number of aromatic nitrogens is 4. The Morgan fingerprint density at radius 1 is 0.786 bits per heavy atom. The summed E-state index contributed by atoms with van der Waals surface area (Å²) >= 11 is 6.00. The molecular formula is C21H11ClF2N4. The number of fused-ring (bicyclic) bond motifs is 2. The van der Waals surface area contributed by atoms with E-state index >= 15 is 0 Å². The molecule has 0 spiro atoms. The van der Waals surface area contributed by atoms with Crippen LogP contribution >= 0.6 is 11.6 Å². The van der Waals surface area contributed by atoms with E-state index in [1.54, 1.807) is 22.8 Å². The Morgan fingerprint density at radius 2 is 1.50 bits per heavy atom. The minimum Gasteiger partial charge on any atom is -0.275 e. The molecule has 5 rings (SSSR count). The lowest BCUT2D eigenvalue weighted by Gasteiger charge is -2.10. The van der Waals surface area contributed by atoms with Crippen LogP contribution in [0, 0.1) is 11.6 Å². The summed E-state index contributed by atoms with van der Waals surface area (Å²) in [5.41, 5.74) is 3.60. The highest BCUT2D eigenvalue weighted by Crippen LogP contribution is 2.30. The fourth-order valence-electron chi connectivity index (χ4n) is 3.12. The number of rotatable bonds is 2. The molecule has 0 saturated heterocycles. The number of nitrogens with zero attached hydrogens (tertiary/aromatic N) is 4. The molecule has 0 aliphatic carbocycles. The van der Waals surface area contributed by atoms with Crippen LogP contribution in [0.5, 0.6) is 0 Å². The second-order valence-corrected chi connectivity index (χ2v) is 6.64. The maximum Gasteiger partial charge on any atom is 0.199 e. The lowest BCUT2D eigenvalue weighted by atomic mass is 10.2. The van der Waals surface area contributed by atoms with Gasteiger partial charge in [-0.25, -0.2) is 23.7 Å². The van der Waals surface area contributed by atoms with Crippen molar-refractivity contribution in [3.05, 3.63) is 83.4 Å². The van der Waals surface area contributed by atoms with Gasteiger partial charge in [-0.1, -0.05) is 23.7 Å². The van der Waals surface area contributed by atoms with Crippen molar-refractivity contribution in [2.24, 2.45) is 0 Å². The molecule has 0 radical (unpaired) electrons. The summed E-state index contributed by atoms with van der Waals surface area (Å²) in [4.78, 5) is 13.9. The largest absolute Gasteiger partial charge is 0.275 e. The lowest BCUT2D eigenvalue weighted by molar-refractivity contribution is 0.627. The molecule has 2 heterocycles. The Hall–Kier alpha value is -3.38. The third-order valence-corrected chi connectivity index (χ3v) is 4.72. The summed E-state index contributed by atoms with van der Waals surface area (Å²) in [6.07, 6.45) is 0. The van der Waals surface area contributed by atoms with Crippen LogP contribution in [-0.2, 0) is 0 Å². The summed E-state index contributed by atoms with van der Waals surface area (Å²) in [5, 5.41) is -0.0156. The number of halogens is 3. The van der Waals surface area contributed by atoms with Gasteiger partial charge in [-0.05, 0) is 54.6 Å². The Bertz CT molecular complexity index is 1350. The van der Waals surface area contributed by atoms with Gasteiger partial charge in [-0.15, -0.1) is 0 Å². The molecule has 2 aromatic heterocycles. The molecule has 0 N–H and O–H groups in total. The van der Waals surface area contributed by atoms with Crippen molar-refractivity contribution in [1.29, 1.82) is 0 Å². The van der Waals surface area contributed by atoms with Crippen LogP contribution in [0.2, 0.25) is 5.02 Å². The Morgan fingerprint density at radius 3 is 2.21 bits per heavy atom. The van der Waals surface area contributed by atoms with E-state index in [9.17, 15) is 8.78 Å². The van der Waals surface area contributed by atoms with E-state index in [2.05, 4.69) is 9.97 Å². The molecule has 0 atom stereocenters. The maximum atomic E-state index is 13.7. The summed E-state index contributed by atoms with van der Waals surface area (Å²) in [7, 11) is 0. The van der Waals surface area contributed by atoms with E-state index < -0.39 is 5.82 Å². The van der Waals surface area contributed by atoms with E-state index in [-0.39, 0.29) is 10.8 Å². The molecule has 4 nitrogen and oxygen atoms in total. The molecule has 7 heteroatoms. The van der Waals surface area contributed by atoms with Crippen molar-refractivity contribution in [2.75, 3.05) is 0 Å². The minimum atomic E-state index is -0.519. The van der Waals surface area contributed by atoms with Crippen molar-refractivity contribution in [2.45, 2.75) is 0 Å². The normalized spacial score (nSPS) is 11.4. The van der Waals surface area contributed by atoms with Crippen LogP contribution in [0.1, 0.15) is 0 Å². The van der Waals surface area contributed by atoms with Crippen LogP contribution in [0.3, 0.4) is 0 Å². The fraction of sp³-hybridized carbons (Fsp3) is 0. The highest BCUT2D eigenvalue weighted by Gasteiger charge is 2.18. The minimum absolute atomic E-state index is 0.0156. The first-order chi connectivity index (χ1) is 13.6. The monoisotopic (exact) mass is 392 g/mol. The first-order valence-corrected chi connectivity index (χ1v) is 8.84. The molecule has 5 aromatic rings.